The van der Waals surface area contributed by atoms with Gasteiger partial charge in [0.05, 0.1) is 27.7 Å². The molecule has 0 spiro atoms. The van der Waals surface area contributed by atoms with E-state index in [1.54, 1.807) is 0 Å². The van der Waals surface area contributed by atoms with Crippen molar-refractivity contribution in [2.75, 3.05) is 27.7 Å². The summed E-state index contributed by atoms with van der Waals surface area (Å²) in [7, 11) is 6.88. The minimum Gasteiger partial charge on any atom is -0.344 e. The number of quaternary nitrogens is 1. The highest BCUT2D eigenvalue weighted by Gasteiger charge is 2.04. The Bertz CT molecular complexity index is 190. The molecule has 0 aromatic rings. The van der Waals surface area contributed by atoms with E-state index in [1.807, 2.05) is 0 Å². The maximum absolute atomic E-state index is 2.29. The van der Waals surface area contributed by atoms with E-state index in [1.165, 1.54) is 96.4 Å². The van der Waals surface area contributed by atoms with Gasteiger partial charge in [0.2, 0.25) is 0 Å². The second-order valence-electron chi connectivity index (χ2n) is 7.61. The van der Waals surface area contributed by atoms with Gasteiger partial charge in [0.15, 0.2) is 0 Å². The third-order valence-corrected chi connectivity index (χ3v) is 4.18. The van der Waals surface area contributed by atoms with Crippen molar-refractivity contribution in [1.82, 2.24) is 6.15 Å². The molecule has 0 saturated heterocycles. The molecule has 0 aromatic heterocycles. The Balaban J connectivity index is -0.00000180. The van der Waals surface area contributed by atoms with Crippen molar-refractivity contribution in [3.05, 3.63) is 0 Å². The Labute approximate surface area is 148 Å². The topological polar surface area (TPSA) is 35.0 Å². The van der Waals surface area contributed by atoms with Gasteiger partial charge < -0.3 is 10.6 Å². The number of halogens is 1. The molecule has 0 aromatic carbocycles. The van der Waals surface area contributed by atoms with Crippen LogP contribution < -0.4 is 6.15 Å². The van der Waals surface area contributed by atoms with Crippen LogP contribution in [0.2, 0.25) is 0 Å². The third kappa shape index (κ3) is 25.2. The van der Waals surface area contributed by atoms with Crippen LogP contribution in [0.25, 0.3) is 0 Å². The molecule has 0 aliphatic carbocycles. The Morgan fingerprint density at radius 2 is 0.773 bits per heavy atom. The van der Waals surface area contributed by atoms with Crippen molar-refractivity contribution in [3.8, 4) is 0 Å². The monoisotopic (exact) mass is 337 g/mol. The lowest BCUT2D eigenvalue weighted by Gasteiger charge is -2.23. The van der Waals surface area contributed by atoms with Crippen LogP contribution in [-0.4, -0.2) is 32.2 Å². The summed E-state index contributed by atoms with van der Waals surface area (Å²) >= 11 is 0. The van der Waals surface area contributed by atoms with Gasteiger partial charge in [-0.25, -0.2) is 0 Å². The Kier molecular flexibility index (Phi) is 23.7. The fourth-order valence-corrected chi connectivity index (χ4v) is 2.78. The van der Waals surface area contributed by atoms with Crippen LogP contribution in [-0.2, 0) is 0 Å². The normalized spacial score (nSPS) is 10.9. The van der Waals surface area contributed by atoms with E-state index >= 15 is 0 Å². The molecule has 0 radical (unpaired) electrons. The van der Waals surface area contributed by atoms with Crippen LogP contribution in [0.4, 0.5) is 0 Å². The van der Waals surface area contributed by atoms with Gasteiger partial charge in [-0.05, 0) is 12.8 Å². The van der Waals surface area contributed by atoms with Crippen molar-refractivity contribution in [2.45, 2.75) is 96.8 Å². The first-order valence-electron chi connectivity index (χ1n) is 9.36. The van der Waals surface area contributed by atoms with E-state index in [0.717, 1.165) is 4.48 Å². The van der Waals surface area contributed by atoms with Gasteiger partial charge in [-0.15, -0.1) is 12.4 Å². The number of rotatable bonds is 15. The average molecular weight is 338 g/mol. The van der Waals surface area contributed by atoms with Crippen molar-refractivity contribution < 1.29 is 4.48 Å². The van der Waals surface area contributed by atoms with Gasteiger partial charge in [-0.2, -0.15) is 0 Å². The molecule has 0 amide bonds. The fourth-order valence-electron chi connectivity index (χ4n) is 2.78. The molecule has 0 unspecified atom stereocenters. The molecule has 0 atom stereocenters. The lowest BCUT2D eigenvalue weighted by molar-refractivity contribution is -0.870. The van der Waals surface area contributed by atoms with Crippen molar-refractivity contribution in [2.24, 2.45) is 0 Å². The van der Waals surface area contributed by atoms with Crippen molar-refractivity contribution in [3.63, 3.8) is 0 Å². The summed E-state index contributed by atoms with van der Waals surface area (Å²) in [6, 6.07) is 0. The van der Waals surface area contributed by atoms with Gasteiger partial charge in [-0.1, -0.05) is 84.0 Å². The van der Waals surface area contributed by atoms with Crippen LogP contribution in [0.15, 0.2) is 0 Å². The van der Waals surface area contributed by atoms with E-state index in [-0.39, 0.29) is 18.6 Å². The molecule has 0 rings (SSSR count). The minimum absolute atomic E-state index is 0. The first-order chi connectivity index (χ1) is 9.56. The Morgan fingerprint density at radius 1 is 0.500 bits per heavy atom. The first-order valence-corrected chi connectivity index (χ1v) is 9.36. The molecule has 0 fully saturated rings. The zero-order valence-corrected chi connectivity index (χ0v) is 17.0. The molecule has 22 heavy (non-hydrogen) atoms. The summed E-state index contributed by atoms with van der Waals surface area (Å²) in [5.41, 5.74) is 0. The summed E-state index contributed by atoms with van der Waals surface area (Å²) in [4.78, 5) is 0. The maximum Gasteiger partial charge on any atom is 0.0780 e. The van der Waals surface area contributed by atoms with Gasteiger partial charge in [0, 0.05) is 0 Å². The summed E-state index contributed by atoms with van der Waals surface area (Å²) in [6.45, 7) is 3.63. The Hall–Kier alpha value is 0.210. The lowest BCUT2D eigenvalue weighted by Crippen LogP contribution is -2.35. The van der Waals surface area contributed by atoms with Crippen LogP contribution in [0.1, 0.15) is 96.8 Å². The van der Waals surface area contributed by atoms with Gasteiger partial charge in [-0.3, -0.25) is 0 Å². The molecule has 0 heterocycles. The molecule has 138 valence electrons. The number of hydrogen-bond donors (Lipinski definition) is 1. The second-order valence-corrected chi connectivity index (χ2v) is 7.61. The van der Waals surface area contributed by atoms with Crippen molar-refractivity contribution in [1.29, 1.82) is 0 Å². The van der Waals surface area contributed by atoms with E-state index < -0.39 is 0 Å². The summed E-state index contributed by atoms with van der Waals surface area (Å²) < 4.78 is 1.12. The van der Waals surface area contributed by atoms with Crippen molar-refractivity contribution >= 4 is 12.4 Å². The highest BCUT2D eigenvalue weighted by atomic mass is 35.5. The molecule has 0 aliphatic heterocycles. The minimum atomic E-state index is 0. The first kappa shape index (κ1) is 27.1. The van der Waals surface area contributed by atoms with Crippen LogP contribution in [0, 0.1) is 0 Å². The molecule has 3 heteroatoms. The van der Waals surface area contributed by atoms with Gasteiger partial charge in [0.1, 0.15) is 0 Å². The molecule has 0 saturated carbocycles. The van der Waals surface area contributed by atoms with E-state index in [9.17, 15) is 0 Å². The fraction of sp³-hybridized carbons (Fsp3) is 1.00. The Morgan fingerprint density at radius 3 is 1.05 bits per heavy atom. The zero-order chi connectivity index (χ0) is 15.1. The van der Waals surface area contributed by atoms with E-state index in [4.69, 9.17) is 0 Å². The second kappa shape index (κ2) is 19.3. The number of unbranched alkanes of at least 4 members (excludes halogenated alkanes) is 13. The molecule has 0 aliphatic rings. The lowest BCUT2D eigenvalue weighted by atomic mass is 10.0. The van der Waals surface area contributed by atoms with Crippen LogP contribution in [0.3, 0.4) is 0 Å². The average Bonchev–Trinajstić information content (AvgIpc) is 2.38. The van der Waals surface area contributed by atoms with Crippen LogP contribution >= 0.6 is 12.4 Å². The van der Waals surface area contributed by atoms with Gasteiger partial charge in [0.25, 0.3) is 0 Å². The molecule has 0 bridgehead atoms. The molecule has 3 N–H and O–H groups in total. The zero-order valence-electron chi connectivity index (χ0n) is 16.2. The number of nitrogens with zero attached hydrogens (tertiary/aromatic N) is 1. The summed E-state index contributed by atoms with van der Waals surface area (Å²) in [6.07, 6.45) is 20.4. The van der Waals surface area contributed by atoms with Gasteiger partial charge >= 0.3 is 0 Å². The molecular formula is C19H46ClN2+. The standard InChI is InChI=1S/C19H42N.ClH.H3N/c1-5-6-7-8-9-10-11-12-13-14-15-16-17-18-19-20(2,3)4;;/h5-19H2,1-4H3;1H;1H3/q+1;;. The predicted octanol–water partition coefficient (Wildman–Crippen LogP) is 6.76. The molecule has 2 nitrogen and oxygen atoms in total. The summed E-state index contributed by atoms with van der Waals surface area (Å²) in [5.74, 6) is 0. The quantitative estimate of drug-likeness (QED) is 0.260. The third-order valence-electron chi connectivity index (χ3n) is 4.18. The van der Waals surface area contributed by atoms with E-state index in [2.05, 4.69) is 28.1 Å². The largest absolute Gasteiger partial charge is 0.344 e. The smallest absolute Gasteiger partial charge is 0.0780 e. The predicted molar refractivity (Wildman–Crippen MR) is 105 cm³/mol. The summed E-state index contributed by atoms with van der Waals surface area (Å²) in [5, 5.41) is 0. The SMILES string of the molecule is CCCCCCCCCCCCCCCC[N+](C)(C)C.Cl.N. The highest BCUT2D eigenvalue weighted by Crippen LogP contribution is 2.13. The van der Waals surface area contributed by atoms with Crippen LogP contribution in [0.5, 0.6) is 0 Å². The molecular weight excluding hydrogens is 292 g/mol. The highest BCUT2D eigenvalue weighted by molar-refractivity contribution is 5.85. The number of hydrogen-bond acceptors (Lipinski definition) is 1. The van der Waals surface area contributed by atoms with E-state index in [0.29, 0.717) is 0 Å². The maximum atomic E-state index is 2.29.